The first kappa shape index (κ1) is 15.1. The second kappa shape index (κ2) is 5.99. The van der Waals surface area contributed by atoms with Gasteiger partial charge in [0.2, 0.25) is 10.0 Å². The van der Waals surface area contributed by atoms with Crippen molar-refractivity contribution in [1.82, 2.24) is 0 Å². The largest absolute Gasteiger partial charge is 0.452 e. The Labute approximate surface area is 126 Å². The van der Waals surface area contributed by atoms with Crippen molar-refractivity contribution in [3.8, 4) is 0 Å². The molecule has 1 unspecified atom stereocenters. The van der Waals surface area contributed by atoms with Crippen molar-refractivity contribution in [2.75, 3.05) is 5.32 Å². The van der Waals surface area contributed by atoms with Gasteiger partial charge in [-0.3, -0.25) is 0 Å². The molecular weight excluding hydrogens is 344 g/mol. The van der Waals surface area contributed by atoms with Crippen molar-refractivity contribution in [3.05, 3.63) is 52.4 Å². The Kier molecular flexibility index (Phi) is 4.52. The third-order valence-electron chi connectivity index (χ3n) is 2.73. The number of primary sulfonamides is 1. The minimum atomic E-state index is -3.49. The Hall–Kier alpha value is -1.31. The van der Waals surface area contributed by atoms with Gasteiger partial charge in [-0.2, -0.15) is 0 Å². The minimum Gasteiger partial charge on any atom is -0.452 e. The summed E-state index contributed by atoms with van der Waals surface area (Å²) in [5.41, 5.74) is 1.54. The Bertz CT molecular complexity index is 680. The predicted molar refractivity (Wildman–Crippen MR) is 81.7 cm³/mol. The van der Waals surface area contributed by atoms with Gasteiger partial charge in [0.25, 0.3) is 0 Å². The molecule has 1 heterocycles. The summed E-state index contributed by atoms with van der Waals surface area (Å²) in [6, 6.07) is 10.8. The number of nitrogens with two attached hydrogens (primary N) is 1. The van der Waals surface area contributed by atoms with E-state index in [1.807, 2.05) is 31.2 Å². The number of sulfonamides is 1. The average Bonchev–Trinajstić information content (AvgIpc) is 2.77. The maximum Gasteiger partial charge on any atom is 0.213 e. The Morgan fingerprint density at radius 3 is 2.40 bits per heavy atom. The Balaban J connectivity index is 2.03. The van der Waals surface area contributed by atoms with Gasteiger partial charge < -0.3 is 9.73 Å². The zero-order valence-electron chi connectivity index (χ0n) is 10.8. The smallest absolute Gasteiger partial charge is 0.213 e. The highest BCUT2D eigenvalue weighted by atomic mass is 79.9. The molecule has 2 rings (SSSR count). The third kappa shape index (κ3) is 4.36. The van der Waals surface area contributed by atoms with E-state index in [0.29, 0.717) is 10.2 Å². The number of hydrogen-bond acceptors (Lipinski definition) is 4. The van der Waals surface area contributed by atoms with E-state index in [4.69, 9.17) is 9.56 Å². The molecule has 7 heteroatoms. The molecular formula is C13H15BrN2O3S. The molecule has 0 aliphatic carbocycles. The first-order valence-electron chi connectivity index (χ1n) is 5.95. The highest BCUT2D eigenvalue weighted by molar-refractivity contribution is 9.10. The zero-order valence-corrected chi connectivity index (χ0v) is 13.2. The summed E-state index contributed by atoms with van der Waals surface area (Å²) in [5.74, 6) is 0.652. The van der Waals surface area contributed by atoms with Gasteiger partial charge in [-0.1, -0.05) is 12.1 Å². The number of nitrogens with one attached hydrogen (secondary N) is 1. The van der Waals surface area contributed by atoms with Gasteiger partial charge in [-0.15, -0.1) is 0 Å². The Morgan fingerprint density at radius 1 is 1.25 bits per heavy atom. The zero-order chi connectivity index (χ0) is 14.8. The van der Waals surface area contributed by atoms with E-state index in [-0.39, 0.29) is 11.8 Å². The number of anilines is 1. The molecule has 1 aromatic carbocycles. The SMILES string of the molecule is CC(Nc1ccc(CS(N)(=O)=O)cc1)c1ccc(Br)o1. The molecule has 1 aromatic heterocycles. The van der Waals surface area contributed by atoms with Crippen LogP contribution in [0.1, 0.15) is 24.3 Å². The average molecular weight is 359 g/mol. The van der Waals surface area contributed by atoms with E-state index < -0.39 is 10.0 Å². The van der Waals surface area contributed by atoms with Crippen LogP contribution in [0.15, 0.2) is 45.5 Å². The molecule has 0 aliphatic rings. The topological polar surface area (TPSA) is 85.3 Å². The fourth-order valence-electron chi connectivity index (χ4n) is 1.81. The van der Waals surface area contributed by atoms with Gasteiger partial charge in [0, 0.05) is 5.69 Å². The summed E-state index contributed by atoms with van der Waals surface area (Å²) >= 11 is 3.26. The molecule has 0 saturated carbocycles. The molecule has 0 amide bonds. The number of benzene rings is 1. The lowest BCUT2D eigenvalue weighted by Crippen LogP contribution is -2.14. The summed E-state index contributed by atoms with van der Waals surface area (Å²) in [6.45, 7) is 1.98. The fraction of sp³-hybridized carbons (Fsp3) is 0.231. The molecule has 3 N–H and O–H groups in total. The first-order chi connectivity index (χ1) is 9.33. The second-order valence-corrected chi connectivity index (χ2v) is 6.91. The lowest BCUT2D eigenvalue weighted by molar-refractivity contribution is 0.471. The van der Waals surface area contributed by atoms with Gasteiger partial charge in [0.1, 0.15) is 5.76 Å². The van der Waals surface area contributed by atoms with Crippen LogP contribution in [0.3, 0.4) is 0 Å². The number of hydrogen-bond donors (Lipinski definition) is 2. The maximum absolute atomic E-state index is 11.0. The summed E-state index contributed by atoms with van der Waals surface area (Å²) in [4.78, 5) is 0. The van der Waals surface area contributed by atoms with Crippen LogP contribution in [0.2, 0.25) is 0 Å². The minimum absolute atomic E-state index is 0.00499. The van der Waals surface area contributed by atoms with E-state index in [9.17, 15) is 8.42 Å². The van der Waals surface area contributed by atoms with Crippen molar-refractivity contribution in [2.24, 2.45) is 5.14 Å². The van der Waals surface area contributed by atoms with Crippen molar-refractivity contribution in [2.45, 2.75) is 18.7 Å². The van der Waals surface area contributed by atoms with Crippen LogP contribution < -0.4 is 10.5 Å². The first-order valence-corrected chi connectivity index (χ1v) is 8.45. The van der Waals surface area contributed by atoms with Crippen LogP contribution in [0, 0.1) is 0 Å². The molecule has 2 aromatic rings. The number of halogens is 1. The van der Waals surface area contributed by atoms with Crippen molar-refractivity contribution in [3.63, 3.8) is 0 Å². The van der Waals surface area contributed by atoms with Crippen molar-refractivity contribution < 1.29 is 12.8 Å². The normalized spacial score (nSPS) is 13.2. The van der Waals surface area contributed by atoms with E-state index in [0.717, 1.165) is 11.4 Å². The van der Waals surface area contributed by atoms with Crippen LogP contribution >= 0.6 is 15.9 Å². The summed E-state index contributed by atoms with van der Waals surface area (Å²) in [7, 11) is -3.49. The fourth-order valence-corrected chi connectivity index (χ4v) is 2.79. The number of furan rings is 1. The van der Waals surface area contributed by atoms with Crippen LogP contribution in [-0.2, 0) is 15.8 Å². The summed E-state index contributed by atoms with van der Waals surface area (Å²) < 4.78 is 28.1. The quantitative estimate of drug-likeness (QED) is 0.859. The molecule has 0 bridgehead atoms. The molecule has 0 radical (unpaired) electrons. The van der Waals surface area contributed by atoms with Gasteiger partial charge in [-0.05, 0) is 52.7 Å². The molecule has 0 spiro atoms. The Morgan fingerprint density at radius 2 is 1.90 bits per heavy atom. The van der Waals surface area contributed by atoms with Gasteiger partial charge in [0.15, 0.2) is 4.67 Å². The highest BCUT2D eigenvalue weighted by Gasteiger charge is 2.10. The van der Waals surface area contributed by atoms with E-state index in [2.05, 4.69) is 21.2 Å². The van der Waals surface area contributed by atoms with Gasteiger partial charge in [0.05, 0.1) is 11.8 Å². The molecule has 20 heavy (non-hydrogen) atoms. The van der Waals surface area contributed by atoms with Crippen LogP contribution in [0.4, 0.5) is 5.69 Å². The maximum atomic E-state index is 11.0. The molecule has 0 fully saturated rings. The van der Waals surface area contributed by atoms with Gasteiger partial charge >= 0.3 is 0 Å². The summed E-state index contributed by atoms with van der Waals surface area (Å²) in [5, 5.41) is 8.27. The molecule has 1 atom stereocenters. The molecule has 5 nitrogen and oxygen atoms in total. The summed E-state index contributed by atoms with van der Waals surface area (Å²) in [6.07, 6.45) is 0. The number of rotatable bonds is 5. The standard InChI is InChI=1S/C13H15BrN2O3S/c1-9(12-6-7-13(14)19-12)16-11-4-2-10(3-5-11)8-20(15,17)18/h2-7,9,16H,8H2,1H3,(H2,15,17,18). The lowest BCUT2D eigenvalue weighted by atomic mass is 10.2. The van der Waals surface area contributed by atoms with Gasteiger partial charge in [-0.25, -0.2) is 13.6 Å². The third-order valence-corrected chi connectivity index (χ3v) is 3.89. The van der Waals surface area contributed by atoms with Crippen molar-refractivity contribution >= 4 is 31.6 Å². The predicted octanol–water partition coefficient (Wildman–Crippen LogP) is 3.00. The monoisotopic (exact) mass is 358 g/mol. The molecule has 0 aliphatic heterocycles. The van der Waals surface area contributed by atoms with Crippen LogP contribution in [0.25, 0.3) is 0 Å². The van der Waals surface area contributed by atoms with Crippen molar-refractivity contribution in [1.29, 1.82) is 0 Å². The van der Waals surface area contributed by atoms with E-state index in [1.54, 1.807) is 12.1 Å². The molecule has 0 saturated heterocycles. The van der Waals surface area contributed by atoms with Crippen LogP contribution in [0.5, 0.6) is 0 Å². The highest BCUT2D eigenvalue weighted by Crippen LogP contribution is 2.23. The second-order valence-electron chi connectivity index (χ2n) is 4.51. The van der Waals surface area contributed by atoms with Crippen LogP contribution in [-0.4, -0.2) is 8.42 Å². The van der Waals surface area contributed by atoms with E-state index in [1.165, 1.54) is 0 Å². The molecule has 108 valence electrons. The van der Waals surface area contributed by atoms with E-state index >= 15 is 0 Å². The lowest BCUT2D eigenvalue weighted by Gasteiger charge is -2.13.